The van der Waals surface area contributed by atoms with Crippen molar-refractivity contribution in [2.75, 3.05) is 6.54 Å². The normalized spacial score (nSPS) is 27.6. The summed E-state index contributed by atoms with van der Waals surface area (Å²) in [6.45, 7) is 6.25. The molecule has 1 fully saturated rings. The molecule has 2 N–H and O–H groups in total. The second-order valence-corrected chi connectivity index (χ2v) is 5.83. The SMILES string of the molecule is CCCNC1CCC(O)(Cc2cnn(CC)c2)CC1. The van der Waals surface area contributed by atoms with E-state index in [1.165, 1.54) is 6.42 Å². The molecule has 0 aromatic carbocycles. The molecular weight excluding hydrogens is 238 g/mol. The minimum Gasteiger partial charge on any atom is -0.390 e. The summed E-state index contributed by atoms with van der Waals surface area (Å²) in [6.07, 6.45) is 9.82. The van der Waals surface area contributed by atoms with Crippen LogP contribution in [0, 0.1) is 0 Å². The molecule has 4 nitrogen and oxygen atoms in total. The third-order valence-corrected chi connectivity index (χ3v) is 4.14. The summed E-state index contributed by atoms with van der Waals surface area (Å²) in [6, 6.07) is 0.596. The Morgan fingerprint density at radius 2 is 2.16 bits per heavy atom. The first-order valence-corrected chi connectivity index (χ1v) is 7.62. The first-order valence-electron chi connectivity index (χ1n) is 7.62. The zero-order valence-electron chi connectivity index (χ0n) is 12.2. The lowest BCUT2D eigenvalue weighted by atomic mass is 9.79. The Balaban J connectivity index is 1.84. The third-order valence-electron chi connectivity index (χ3n) is 4.14. The van der Waals surface area contributed by atoms with E-state index in [4.69, 9.17) is 0 Å². The molecule has 108 valence electrons. The van der Waals surface area contributed by atoms with Gasteiger partial charge < -0.3 is 10.4 Å². The number of rotatable bonds is 6. The first kappa shape index (κ1) is 14.5. The monoisotopic (exact) mass is 265 g/mol. The Kier molecular flexibility index (Phi) is 4.99. The standard InChI is InChI=1S/C15H27N3O/c1-3-9-16-14-5-7-15(19,8-6-14)10-13-11-17-18(4-2)12-13/h11-12,14,16,19H,3-10H2,1-2H3. The number of nitrogens with zero attached hydrogens (tertiary/aromatic N) is 2. The molecule has 1 aliphatic carbocycles. The van der Waals surface area contributed by atoms with Gasteiger partial charge in [0, 0.05) is 25.2 Å². The van der Waals surface area contributed by atoms with Crippen LogP contribution < -0.4 is 5.32 Å². The molecular formula is C15H27N3O. The molecule has 1 heterocycles. The molecule has 4 heteroatoms. The van der Waals surface area contributed by atoms with Crippen LogP contribution in [-0.4, -0.2) is 33.1 Å². The van der Waals surface area contributed by atoms with Crippen LogP contribution >= 0.6 is 0 Å². The Labute approximate surface area is 116 Å². The smallest absolute Gasteiger partial charge is 0.0690 e. The second kappa shape index (κ2) is 6.53. The Hall–Kier alpha value is -0.870. The number of hydrogen-bond donors (Lipinski definition) is 2. The number of nitrogens with one attached hydrogen (secondary N) is 1. The fourth-order valence-electron chi connectivity index (χ4n) is 2.94. The molecule has 19 heavy (non-hydrogen) atoms. The molecule has 1 aromatic heterocycles. The third kappa shape index (κ3) is 4.05. The molecule has 0 unspecified atom stereocenters. The Bertz CT molecular complexity index is 380. The molecule has 1 saturated carbocycles. The van der Waals surface area contributed by atoms with Crippen molar-refractivity contribution < 1.29 is 5.11 Å². The summed E-state index contributed by atoms with van der Waals surface area (Å²) in [5.74, 6) is 0. The highest BCUT2D eigenvalue weighted by Gasteiger charge is 2.33. The van der Waals surface area contributed by atoms with Gasteiger partial charge >= 0.3 is 0 Å². The van der Waals surface area contributed by atoms with Gasteiger partial charge in [-0.15, -0.1) is 0 Å². The van der Waals surface area contributed by atoms with Crippen molar-refractivity contribution in [2.24, 2.45) is 0 Å². The lowest BCUT2D eigenvalue weighted by molar-refractivity contribution is -0.00308. The van der Waals surface area contributed by atoms with Crippen LogP contribution in [0.25, 0.3) is 0 Å². The van der Waals surface area contributed by atoms with Gasteiger partial charge in [0.1, 0.15) is 0 Å². The number of hydrogen-bond acceptors (Lipinski definition) is 3. The zero-order chi connectivity index (χ0) is 13.7. The van der Waals surface area contributed by atoms with Gasteiger partial charge in [0.25, 0.3) is 0 Å². The zero-order valence-corrected chi connectivity index (χ0v) is 12.2. The predicted octanol–water partition coefficient (Wildman–Crippen LogP) is 2.12. The van der Waals surface area contributed by atoms with E-state index >= 15 is 0 Å². The minimum atomic E-state index is -0.522. The molecule has 0 saturated heterocycles. The summed E-state index contributed by atoms with van der Waals surface area (Å²) in [4.78, 5) is 0. The number of aryl methyl sites for hydroxylation is 1. The fourth-order valence-corrected chi connectivity index (χ4v) is 2.94. The number of aliphatic hydroxyl groups is 1. The fraction of sp³-hybridized carbons (Fsp3) is 0.800. The van der Waals surface area contributed by atoms with E-state index in [0.29, 0.717) is 6.04 Å². The lowest BCUT2D eigenvalue weighted by Crippen LogP contribution is -2.42. The summed E-state index contributed by atoms with van der Waals surface area (Å²) >= 11 is 0. The molecule has 0 bridgehead atoms. The van der Waals surface area contributed by atoms with Gasteiger partial charge in [0.2, 0.25) is 0 Å². The van der Waals surface area contributed by atoms with E-state index in [-0.39, 0.29) is 0 Å². The number of aromatic nitrogens is 2. The van der Waals surface area contributed by atoms with Crippen LogP contribution in [0.1, 0.15) is 51.5 Å². The topological polar surface area (TPSA) is 50.1 Å². The van der Waals surface area contributed by atoms with Crippen molar-refractivity contribution >= 4 is 0 Å². The average Bonchev–Trinajstić information content (AvgIpc) is 2.85. The molecule has 2 rings (SSSR count). The summed E-state index contributed by atoms with van der Waals surface area (Å²) in [7, 11) is 0. The molecule has 0 atom stereocenters. The minimum absolute atomic E-state index is 0.522. The quantitative estimate of drug-likeness (QED) is 0.828. The van der Waals surface area contributed by atoms with Gasteiger partial charge in [-0.3, -0.25) is 4.68 Å². The van der Waals surface area contributed by atoms with Crippen molar-refractivity contribution in [3.8, 4) is 0 Å². The maximum Gasteiger partial charge on any atom is 0.0690 e. The van der Waals surface area contributed by atoms with Crippen molar-refractivity contribution in [2.45, 2.75) is 70.6 Å². The highest BCUT2D eigenvalue weighted by molar-refractivity contribution is 5.09. The highest BCUT2D eigenvalue weighted by Crippen LogP contribution is 2.31. The molecule has 0 radical (unpaired) electrons. The van der Waals surface area contributed by atoms with Crippen LogP contribution in [0.4, 0.5) is 0 Å². The van der Waals surface area contributed by atoms with Crippen LogP contribution in [0.3, 0.4) is 0 Å². The summed E-state index contributed by atoms with van der Waals surface area (Å²) < 4.78 is 1.92. The first-order chi connectivity index (χ1) is 9.15. The van der Waals surface area contributed by atoms with Crippen molar-refractivity contribution in [1.82, 2.24) is 15.1 Å². The van der Waals surface area contributed by atoms with Gasteiger partial charge in [0.15, 0.2) is 0 Å². The van der Waals surface area contributed by atoms with Crippen molar-refractivity contribution in [3.63, 3.8) is 0 Å². The van der Waals surface area contributed by atoms with Gasteiger partial charge in [-0.05, 0) is 51.1 Å². The van der Waals surface area contributed by atoms with Crippen LogP contribution in [0.5, 0.6) is 0 Å². The molecule has 1 aromatic rings. The maximum absolute atomic E-state index is 10.7. The summed E-state index contributed by atoms with van der Waals surface area (Å²) in [5.41, 5.74) is 0.635. The van der Waals surface area contributed by atoms with E-state index < -0.39 is 5.60 Å². The van der Waals surface area contributed by atoms with Crippen LogP contribution in [0.2, 0.25) is 0 Å². The average molecular weight is 265 g/mol. The molecule has 0 spiro atoms. The maximum atomic E-state index is 10.7. The second-order valence-electron chi connectivity index (χ2n) is 5.83. The van der Waals surface area contributed by atoms with E-state index in [1.807, 2.05) is 10.9 Å². The van der Waals surface area contributed by atoms with Gasteiger partial charge in [-0.2, -0.15) is 5.10 Å². The molecule has 0 aliphatic heterocycles. The largest absolute Gasteiger partial charge is 0.390 e. The van der Waals surface area contributed by atoms with Gasteiger partial charge in [-0.1, -0.05) is 6.92 Å². The lowest BCUT2D eigenvalue weighted by Gasteiger charge is -2.36. The molecule has 0 amide bonds. The van der Waals surface area contributed by atoms with Crippen LogP contribution in [-0.2, 0) is 13.0 Å². The Morgan fingerprint density at radius 1 is 1.42 bits per heavy atom. The van der Waals surface area contributed by atoms with Crippen molar-refractivity contribution in [3.05, 3.63) is 18.0 Å². The highest BCUT2D eigenvalue weighted by atomic mass is 16.3. The van der Waals surface area contributed by atoms with E-state index in [9.17, 15) is 5.11 Å². The van der Waals surface area contributed by atoms with E-state index in [1.54, 1.807) is 0 Å². The molecule has 1 aliphatic rings. The van der Waals surface area contributed by atoms with Gasteiger partial charge in [0.05, 0.1) is 11.8 Å². The predicted molar refractivity (Wildman–Crippen MR) is 77.1 cm³/mol. The van der Waals surface area contributed by atoms with E-state index in [0.717, 1.165) is 50.8 Å². The van der Waals surface area contributed by atoms with E-state index in [2.05, 4.69) is 30.5 Å². The van der Waals surface area contributed by atoms with Crippen LogP contribution in [0.15, 0.2) is 12.4 Å². The van der Waals surface area contributed by atoms with Crippen molar-refractivity contribution in [1.29, 1.82) is 0 Å². The van der Waals surface area contributed by atoms with Gasteiger partial charge in [-0.25, -0.2) is 0 Å². The Morgan fingerprint density at radius 3 is 2.74 bits per heavy atom. The summed E-state index contributed by atoms with van der Waals surface area (Å²) in [5, 5.41) is 18.5.